The smallest absolute Gasteiger partial charge is 0.0395 e. The SMILES string of the molecule is CCC(Cl)[C]1CCCCC1. The topological polar surface area (TPSA) is 0 Å². The van der Waals surface area contributed by atoms with E-state index in [9.17, 15) is 0 Å². The van der Waals surface area contributed by atoms with E-state index >= 15 is 0 Å². The van der Waals surface area contributed by atoms with Gasteiger partial charge in [0, 0.05) is 5.38 Å². The molecule has 0 heterocycles. The lowest BCUT2D eigenvalue weighted by molar-refractivity contribution is 0.506. The standard InChI is InChI=1S/C9H16Cl/c1-2-9(10)8-6-4-3-5-7-8/h9H,2-7H2,1H3. The highest BCUT2D eigenvalue weighted by Crippen LogP contribution is 2.32. The number of hydrogen-bond acceptors (Lipinski definition) is 0. The van der Waals surface area contributed by atoms with Crippen LogP contribution in [0.15, 0.2) is 0 Å². The van der Waals surface area contributed by atoms with Crippen LogP contribution in [0.3, 0.4) is 0 Å². The van der Waals surface area contributed by atoms with E-state index in [-0.39, 0.29) is 0 Å². The van der Waals surface area contributed by atoms with Gasteiger partial charge in [-0.3, -0.25) is 0 Å². The zero-order valence-electron chi connectivity index (χ0n) is 6.70. The predicted octanol–water partition coefficient (Wildman–Crippen LogP) is 3.54. The summed E-state index contributed by atoms with van der Waals surface area (Å²) in [6, 6.07) is 0. The quantitative estimate of drug-likeness (QED) is 0.541. The molecule has 0 bridgehead atoms. The lowest BCUT2D eigenvalue weighted by atomic mass is 9.86. The Labute approximate surface area is 69.0 Å². The van der Waals surface area contributed by atoms with Crippen LogP contribution >= 0.6 is 11.6 Å². The molecule has 1 fully saturated rings. The Bertz CT molecular complexity index is 84.7. The Morgan fingerprint density at radius 1 is 1.30 bits per heavy atom. The van der Waals surface area contributed by atoms with Crippen molar-refractivity contribution in [3.8, 4) is 0 Å². The van der Waals surface area contributed by atoms with E-state index in [1.54, 1.807) is 5.92 Å². The summed E-state index contributed by atoms with van der Waals surface area (Å²) in [5.41, 5.74) is 0. The van der Waals surface area contributed by atoms with E-state index < -0.39 is 0 Å². The van der Waals surface area contributed by atoms with Crippen molar-refractivity contribution in [3.05, 3.63) is 5.92 Å². The number of hydrogen-bond donors (Lipinski definition) is 0. The molecule has 0 aromatic heterocycles. The van der Waals surface area contributed by atoms with Crippen molar-refractivity contribution < 1.29 is 0 Å². The first-order chi connectivity index (χ1) is 4.84. The molecule has 0 saturated heterocycles. The van der Waals surface area contributed by atoms with Crippen LogP contribution in [0.1, 0.15) is 45.4 Å². The third-order valence-corrected chi connectivity index (χ3v) is 2.91. The van der Waals surface area contributed by atoms with E-state index in [4.69, 9.17) is 11.6 Å². The molecule has 1 aliphatic rings. The molecule has 0 aromatic carbocycles. The summed E-state index contributed by atoms with van der Waals surface area (Å²) in [4.78, 5) is 0. The molecular formula is C9H16Cl. The van der Waals surface area contributed by atoms with E-state index in [0.29, 0.717) is 5.38 Å². The normalized spacial score (nSPS) is 24.6. The van der Waals surface area contributed by atoms with Gasteiger partial charge in [-0.15, -0.1) is 11.6 Å². The highest BCUT2D eigenvalue weighted by Gasteiger charge is 2.20. The number of rotatable bonds is 2. The van der Waals surface area contributed by atoms with Gasteiger partial charge < -0.3 is 0 Å². The first kappa shape index (κ1) is 8.39. The van der Waals surface area contributed by atoms with Gasteiger partial charge >= 0.3 is 0 Å². The summed E-state index contributed by atoms with van der Waals surface area (Å²) in [6.07, 6.45) is 7.86. The van der Waals surface area contributed by atoms with Crippen molar-refractivity contribution in [2.24, 2.45) is 0 Å². The van der Waals surface area contributed by atoms with Gasteiger partial charge in [0.05, 0.1) is 0 Å². The van der Waals surface area contributed by atoms with Gasteiger partial charge in [-0.25, -0.2) is 0 Å². The molecule has 1 atom stereocenters. The third kappa shape index (κ3) is 2.16. The molecule has 59 valence electrons. The maximum absolute atomic E-state index is 6.11. The average Bonchev–Trinajstić information content (AvgIpc) is 2.05. The average molecular weight is 160 g/mol. The van der Waals surface area contributed by atoms with Crippen molar-refractivity contribution in [3.63, 3.8) is 0 Å². The Kier molecular flexibility index (Phi) is 3.55. The maximum atomic E-state index is 6.11. The van der Waals surface area contributed by atoms with E-state index in [2.05, 4.69) is 6.92 Å². The Morgan fingerprint density at radius 3 is 2.40 bits per heavy atom. The number of alkyl halides is 1. The van der Waals surface area contributed by atoms with Gasteiger partial charge in [-0.1, -0.05) is 26.2 Å². The molecule has 0 amide bonds. The van der Waals surface area contributed by atoms with Crippen molar-refractivity contribution in [1.29, 1.82) is 0 Å². The second kappa shape index (κ2) is 4.23. The summed E-state index contributed by atoms with van der Waals surface area (Å²) < 4.78 is 0. The summed E-state index contributed by atoms with van der Waals surface area (Å²) in [6.45, 7) is 2.17. The van der Waals surface area contributed by atoms with Crippen LogP contribution < -0.4 is 0 Å². The molecule has 1 aliphatic carbocycles. The molecule has 1 saturated carbocycles. The monoisotopic (exact) mass is 159 g/mol. The fraction of sp³-hybridized carbons (Fsp3) is 0.889. The molecule has 0 N–H and O–H groups in total. The lowest BCUT2D eigenvalue weighted by Crippen LogP contribution is -2.14. The third-order valence-electron chi connectivity index (χ3n) is 2.30. The largest absolute Gasteiger partial charge is 0.122 e. The van der Waals surface area contributed by atoms with Gasteiger partial charge in [0.15, 0.2) is 0 Å². The number of halogens is 1. The lowest BCUT2D eigenvalue weighted by Gasteiger charge is -2.24. The molecule has 1 radical (unpaired) electrons. The molecule has 0 aliphatic heterocycles. The fourth-order valence-corrected chi connectivity index (χ4v) is 1.83. The van der Waals surface area contributed by atoms with Crippen LogP contribution in [0.4, 0.5) is 0 Å². The van der Waals surface area contributed by atoms with Crippen LogP contribution in [0.2, 0.25) is 0 Å². The van der Waals surface area contributed by atoms with Crippen molar-refractivity contribution in [1.82, 2.24) is 0 Å². The fourth-order valence-electron chi connectivity index (χ4n) is 1.61. The van der Waals surface area contributed by atoms with Gasteiger partial charge in [0.25, 0.3) is 0 Å². The van der Waals surface area contributed by atoms with Crippen LogP contribution in [0.25, 0.3) is 0 Å². The second-order valence-electron chi connectivity index (χ2n) is 3.09. The molecule has 0 aromatic rings. The van der Waals surface area contributed by atoms with Gasteiger partial charge in [0.2, 0.25) is 0 Å². The zero-order chi connectivity index (χ0) is 7.40. The molecule has 0 spiro atoms. The van der Waals surface area contributed by atoms with E-state index in [1.807, 2.05) is 0 Å². The van der Waals surface area contributed by atoms with Crippen molar-refractivity contribution >= 4 is 11.6 Å². The minimum Gasteiger partial charge on any atom is -0.122 e. The van der Waals surface area contributed by atoms with Crippen LogP contribution in [0.5, 0.6) is 0 Å². The maximum Gasteiger partial charge on any atom is 0.0395 e. The van der Waals surface area contributed by atoms with E-state index in [0.717, 1.165) is 6.42 Å². The molecule has 1 rings (SSSR count). The highest BCUT2D eigenvalue weighted by molar-refractivity contribution is 6.21. The van der Waals surface area contributed by atoms with Crippen molar-refractivity contribution in [2.45, 2.75) is 50.8 Å². The first-order valence-electron chi connectivity index (χ1n) is 4.33. The minimum atomic E-state index is 0.375. The van der Waals surface area contributed by atoms with Gasteiger partial charge in [-0.05, 0) is 25.2 Å². The van der Waals surface area contributed by atoms with Crippen LogP contribution in [-0.2, 0) is 0 Å². The Balaban J connectivity index is 2.24. The first-order valence-corrected chi connectivity index (χ1v) is 4.77. The van der Waals surface area contributed by atoms with Gasteiger partial charge in [-0.2, -0.15) is 0 Å². The second-order valence-corrected chi connectivity index (χ2v) is 3.62. The summed E-state index contributed by atoms with van der Waals surface area (Å²) in [5, 5.41) is 0.375. The molecule has 1 heteroatoms. The summed E-state index contributed by atoms with van der Waals surface area (Å²) in [7, 11) is 0. The molecule has 10 heavy (non-hydrogen) atoms. The Hall–Kier alpha value is 0.290. The van der Waals surface area contributed by atoms with Crippen molar-refractivity contribution in [2.75, 3.05) is 0 Å². The molecule has 1 unspecified atom stereocenters. The predicted molar refractivity (Wildman–Crippen MR) is 46.3 cm³/mol. The van der Waals surface area contributed by atoms with Crippen LogP contribution in [-0.4, -0.2) is 5.38 Å². The highest BCUT2D eigenvalue weighted by atomic mass is 35.5. The van der Waals surface area contributed by atoms with E-state index in [1.165, 1.54) is 32.1 Å². The zero-order valence-corrected chi connectivity index (χ0v) is 7.45. The minimum absolute atomic E-state index is 0.375. The summed E-state index contributed by atoms with van der Waals surface area (Å²) >= 11 is 6.11. The Morgan fingerprint density at radius 2 is 1.90 bits per heavy atom. The molecular weight excluding hydrogens is 144 g/mol. The van der Waals surface area contributed by atoms with Crippen LogP contribution in [0, 0.1) is 5.92 Å². The van der Waals surface area contributed by atoms with Gasteiger partial charge in [0.1, 0.15) is 0 Å². The molecule has 0 nitrogen and oxygen atoms in total. The summed E-state index contributed by atoms with van der Waals surface area (Å²) in [5.74, 6) is 1.61.